The van der Waals surface area contributed by atoms with Crippen molar-refractivity contribution in [2.75, 3.05) is 0 Å². The van der Waals surface area contributed by atoms with E-state index in [1.165, 1.54) is 48.8 Å². The summed E-state index contributed by atoms with van der Waals surface area (Å²) in [5, 5.41) is 31.5. The molecule has 27 heavy (non-hydrogen) atoms. The third-order valence-electron chi connectivity index (χ3n) is 3.59. The predicted octanol–water partition coefficient (Wildman–Crippen LogP) is -0.369. The smallest absolute Gasteiger partial charge is 0.335 e. The van der Waals surface area contributed by atoms with Crippen LogP contribution in [0.25, 0.3) is 22.8 Å². The van der Waals surface area contributed by atoms with Gasteiger partial charge in [0.2, 0.25) is 0 Å². The minimum atomic E-state index is -1.50. The Morgan fingerprint density at radius 3 is 1.63 bits per heavy atom. The first-order chi connectivity index (χ1) is 12.8. The molecular weight excluding hydrogens is 354 g/mol. The van der Waals surface area contributed by atoms with Gasteiger partial charge in [-0.25, -0.2) is 9.78 Å². The molecule has 0 radical (unpaired) electrons. The molecule has 0 aliphatic rings. The molecule has 9 heteroatoms. The van der Waals surface area contributed by atoms with Gasteiger partial charge in [-0.15, -0.1) is 0 Å². The summed E-state index contributed by atoms with van der Waals surface area (Å²) in [7, 11) is 0. The molecule has 0 bridgehead atoms. The number of aromatic carboxylic acids is 3. The number of carboxylic acids is 3. The molecule has 1 N–H and O–H groups in total. The second kappa shape index (κ2) is 7.00. The SMILES string of the molecule is O=C([O-])c1ccnc(-c2cc(C(=O)[O-])cc(-c3cc(C(=O)O)ccn3)n2)c1. The largest absolute Gasteiger partial charge is 0.545 e. The van der Waals surface area contributed by atoms with Crippen molar-refractivity contribution in [2.24, 2.45) is 0 Å². The zero-order chi connectivity index (χ0) is 19.6. The zero-order valence-corrected chi connectivity index (χ0v) is 13.4. The van der Waals surface area contributed by atoms with Gasteiger partial charge >= 0.3 is 5.97 Å². The Labute approximate surface area is 151 Å². The van der Waals surface area contributed by atoms with Crippen LogP contribution in [-0.4, -0.2) is 38.0 Å². The third kappa shape index (κ3) is 3.76. The first-order valence-corrected chi connectivity index (χ1v) is 7.46. The Morgan fingerprint density at radius 1 is 0.704 bits per heavy atom. The van der Waals surface area contributed by atoms with Crippen molar-refractivity contribution in [1.29, 1.82) is 0 Å². The van der Waals surface area contributed by atoms with Crippen LogP contribution in [0.1, 0.15) is 31.1 Å². The van der Waals surface area contributed by atoms with Crippen LogP contribution in [0.2, 0.25) is 0 Å². The number of hydrogen-bond donors (Lipinski definition) is 1. The van der Waals surface area contributed by atoms with E-state index in [-0.39, 0.29) is 39.5 Å². The Balaban J connectivity index is 2.18. The molecule has 0 fully saturated rings. The fourth-order valence-electron chi connectivity index (χ4n) is 2.31. The van der Waals surface area contributed by atoms with Gasteiger partial charge in [-0.1, -0.05) is 0 Å². The third-order valence-corrected chi connectivity index (χ3v) is 3.59. The highest BCUT2D eigenvalue weighted by Crippen LogP contribution is 2.23. The fourth-order valence-corrected chi connectivity index (χ4v) is 2.31. The molecule has 3 heterocycles. The van der Waals surface area contributed by atoms with Crippen molar-refractivity contribution < 1.29 is 29.7 Å². The molecule has 3 aromatic heterocycles. The average molecular weight is 363 g/mol. The van der Waals surface area contributed by atoms with E-state index in [9.17, 15) is 24.6 Å². The van der Waals surface area contributed by atoms with Gasteiger partial charge in [0.15, 0.2) is 0 Å². The van der Waals surface area contributed by atoms with E-state index in [1.54, 1.807) is 0 Å². The normalized spacial score (nSPS) is 10.4. The molecule has 0 unspecified atom stereocenters. The van der Waals surface area contributed by atoms with Crippen molar-refractivity contribution in [1.82, 2.24) is 15.0 Å². The highest BCUT2D eigenvalue weighted by molar-refractivity contribution is 5.91. The van der Waals surface area contributed by atoms with Crippen LogP contribution in [0, 0.1) is 0 Å². The lowest BCUT2D eigenvalue weighted by Crippen LogP contribution is -2.23. The molecule has 3 rings (SSSR count). The summed E-state index contributed by atoms with van der Waals surface area (Å²) in [5.41, 5.74) is -0.135. The molecule has 0 spiro atoms. The number of aromatic nitrogens is 3. The van der Waals surface area contributed by atoms with E-state index in [4.69, 9.17) is 5.11 Å². The van der Waals surface area contributed by atoms with Crippen LogP contribution in [0.3, 0.4) is 0 Å². The average Bonchev–Trinajstić information content (AvgIpc) is 2.67. The Kier molecular flexibility index (Phi) is 4.58. The number of nitrogens with zero attached hydrogens (tertiary/aromatic N) is 3. The van der Waals surface area contributed by atoms with E-state index in [0.29, 0.717) is 0 Å². The monoisotopic (exact) mass is 363 g/mol. The summed E-state index contributed by atoms with van der Waals surface area (Å²) < 4.78 is 0. The lowest BCUT2D eigenvalue weighted by atomic mass is 10.1. The van der Waals surface area contributed by atoms with Gasteiger partial charge in [-0.05, 0) is 36.4 Å². The number of pyridine rings is 3. The second-order valence-electron chi connectivity index (χ2n) is 5.37. The van der Waals surface area contributed by atoms with Crippen LogP contribution in [0.15, 0.2) is 48.8 Å². The molecule has 0 amide bonds. The van der Waals surface area contributed by atoms with Crippen LogP contribution in [0.5, 0.6) is 0 Å². The Morgan fingerprint density at radius 2 is 1.15 bits per heavy atom. The van der Waals surface area contributed by atoms with Gasteiger partial charge < -0.3 is 24.9 Å². The van der Waals surface area contributed by atoms with Crippen molar-refractivity contribution in [3.63, 3.8) is 0 Å². The Hall–Kier alpha value is -4.14. The highest BCUT2D eigenvalue weighted by atomic mass is 16.4. The van der Waals surface area contributed by atoms with Crippen molar-refractivity contribution >= 4 is 17.9 Å². The lowest BCUT2D eigenvalue weighted by Gasteiger charge is -2.11. The summed E-state index contributed by atoms with van der Waals surface area (Å²) in [5.74, 6) is -4.10. The maximum absolute atomic E-state index is 11.3. The minimum Gasteiger partial charge on any atom is -0.545 e. The number of carbonyl (C=O) groups is 3. The molecule has 0 aromatic carbocycles. The minimum absolute atomic E-state index is 0.0531. The summed E-state index contributed by atoms with van der Waals surface area (Å²) in [4.78, 5) is 45.7. The van der Waals surface area contributed by atoms with E-state index in [1.807, 2.05) is 0 Å². The lowest BCUT2D eigenvalue weighted by molar-refractivity contribution is -0.256. The van der Waals surface area contributed by atoms with E-state index >= 15 is 0 Å². The van der Waals surface area contributed by atoms with Gasteiger partial charge in [-0.2, -0.15) is 0 Å². The summed E-state index contributed by atoms with van der Waals surface area (Å²) in [6, 6.07) is 7.26. The molecule has 0 aliphatic heterocycles. The van der Waals surface area contributed by atoms with Crippen molar-refractivity contribution in [2.45, 2.75) is 0 Å². The standard InChI is InChI=1S/C18H11N3O6/c22-16(23)9-1-3-19-12(5-9)14-7-11(18(26)27)8-15(21-14)13-6-10(17(24)25)2-4-20-13/h1-8H,(H,22,23)(H,24,25)(H,26,27)/p-2. The summed E-state index contributed by atoms with van der Waals surface area (Å²) in [6.45, 7) is 0. The molecule has 0 saturated carbocycles. The zero-order valence-electron chi connectivity index (χ0n) is 13.4. The van der Waals surface area contributed by atoms with Crippen molar-refractivity contribution in [3.8, 4) is 22.8 Å². The fraction of sp³-hybridized carbons (Fsp3) is 0. The van der Waals surface area contributed by atoms with Crippen LogP contribution in [-0.2, 0) is 0 Å². The molecule has 0 aliphatic carbocycles. The number of carbonyl (C=O) groups excluding carboxylic acids is 2. The first kappa shape index (κ1) is 17.7. The van der Waals surface area contributed by atoms with Crippen LogP contribution >= 0.6 is 0 Å². The topological polar surface area (TPSA) is 156 Å². The van der Waals surface area contributed by atoms with Gasteiger partial charge in [0.05, 0.1) is 40.3 Å². The first-order valence-electron chi connectivity index (χ1n) is 7.46. The van der Waals surface area contributed by atoms with Gasteiger partial charge in [-0.3, -0.25) is 9.97 Å². The number of rotatable bonds is 5. The molecule has 0 atom stereocenters. The molecule has 9 nitrogen and oxygen atoms in total. The second-order valence-corrected chi connectivity index (χ2v) is 5.37. The van der Waals surface area contributed by atoms with Crippen molar-refractivity contribution in [3.05, 3.63) is 65.5 Å². The summed E-state index contributed by atoms with van der Waals surface area (Å²) >= 11 is 0. The Bertz CT molecular complexity index is 1000. The summed E-state index contributed by atoms with van der Waals surface area (Å²) in [6.07, 6.45) is 2.47. The molecule has 3 aromatic rings. The number of hydrogen-bond acceptors (Lipinski definition) is 8. The molecular formula is C18H9N3O6-2. The van der Waals surface area contributed by atoms with Gasteiger partial charge in [0.25, 0.3) is 0 Å². The predicted molar refractivity (Wildman–Crippen MR) is 86.3 cm³/mol. The molecule has 134 valence electrons. The highest BCUT2D eigenvalue weighted by Gasteiger charge is 2.12. The maximum atomic E-state index is 11.3. The van der Waals surface area contributed by atoms with Gasteiger partial charge in [0, 0.05) is 23.5 Å². The molecule has 0 saturated heterocycles. The van der Waals surface area contributed by atoms with Gasteiger partial charge in [0.1, 0.15) is 0 Å². The quantitative estimate of drug-likeness (QED) is 0.638. The maximum Gasteiger partial charge on any atom is 0.335 e. The van der Waals surface area contributed by atoms with Crippen LogP contribution in [0.4, 0.5) is 0 Å². The van der Waals surface area contributed by atoms with E-state index < -0.39 is 17.9 Å². The van der Waals surface area contributed by atoms with E-state index in [0.717, 1.165) is 0 Å². The number of carboxylic acid groups (broad SMARTS) is 3. The van der Waals surface area contributed by atoms with E-state index in [2.05, 4.69) is 15.0 Å². The van der Waals surface area contributed by atoms with Crippen LogP contribution < -0.4 is 10.2 Å².